The summed E-state index contributed by atoms with van der Waals surface area (Å²) in [7, 11) is 0. The second kappa shape index (κ2) is 6.12. The fourth-order valence-electron chi connectivity index (χ4n) is 2.29. The number of para-hydroxylation sites is 1. The third-order valence-corrected chi connectivity index (χ3v) is 4.42. The minimum absolute atomic E-state index is 0.313. The largest absolute Gasteiger partial charge is 0.455 e. The SMILES string of the molecule is O=C(C1=CN(Cc2ccccc2)c2ccccc2S1)C(F)(F)F. The fourth-order valence-corrected chi connectivity index (χ4v) is 3.35. The molecule has 0 spiro atoms. The molecule has 2 aromatic carbocycles. The fraction of sp³-hybridized carbons (Fsp3) is 0.118. The monoisotopic (exact) mass is 335 g/mol. The zero-order valence-electron chi connectivity index (χ0n) is 11.9. The summed E-state index contributed by atoms with van der Waals surface area (Å²) in [5.41, 5.74) is 1.74. The molecule has 0 bridgehead atoms. The summed E-state index contributed by atoms with van der Waals surface area (Å²) in [4.78, 5) is 13.6. The Balaban J connectivity index is 1.97. The molecule has 118 valence electrons. The molecule has 0 aliphatic carbocycles. The van der Waals surface area contributed by atoms with Crippen LogP contribution in [0.15, 0.2) is 70.6 Å². The standard InChI is InChI=1S/C17H12F3NOS/c18-17(19,20)16(22)15-11-21(10-12-6-2-1-3-7-12)13-8-4-5-9-14(13)23-15/h1-9,11H,10H2. The minimum atomic E-state index is -4.87. The van der Waals surface area contributed by atoms with Crippen LogP contribution in [-0.4, -0.2) is 12.0 Å². The van der Waals surface area contributed by atoms with Crippen molar-refractivity contribution in [2.75, 3.05) is 4.90 Å². The molecule has 2 nitrogen and oxygen atoms in total. The van der Waals surface area contributed by atoms with E-state index in [1.54, 1.807) is 17.0 Å². The van der Waals surface area contributed by atoms with E-state index < -0.39 is 12.0 Å². The molecule has 3 rings (SSSR count). The van der Waals surface area contributed by atoms with Gasteiger partial charge < -0.3 is 4.90 Å². The second-order valence-electron chi connectivity index (χ2n) is 5.00. The van der Waals surface area contributed by atoms with Gasteiger partial charge in [0.15, 0.2) is 0 Å². The highest BCUT2D eigenvalue weighted by Gasteiger charge is 2.42. The molecule has 2 aromatic rings. The number of fused-ring (bicyclic) bond motifs is 1. The van der Waals surface area contributed by atoms with Gasteiger partial charge in [-0.15, -0.1) is 0 Å². The highest BCUT2D eigenvalue weighted by Crippen LogP contribution is 2.42. The normalized spacial score (nSPS) is 14.2. The summed E-state index contributed by atoms with van der Waals surface area (Å²) in [5.74, 6) is -1.81. The number of nitrogens with zero attached hydrogens (tertiary/aromatic N) is 1. The molecule has 0 N–H and O–H groups in total. The van der Waals surface area contributed by atoms with Crippen LogP contribution in [0.5, 0.6) is 0 Å². The van der Waals surface area contributed by atoms with Crippen LogP contribution in [0.4, 0.5) is 18.9 Å². The van der Waals surface area contributed by atoms with E-state index in [0.717, 1.165) is 23.0 Å². The number of hydrogen-bond donors (Lipinski definition) is 0. The van der Waals surface area contributed by atoms with Crippen molar-refractivity contribution in [1.29, 1.82) is 0 Å². The van der Waals surface area contributed by atoms with Gasteiger partial charge in [0.05, 0.1) is 10.6 Å². The Labute approximate surface area is 135 Å². The molecule has 0 saturated carbocycles. The van der Waals surface area contributed by atoms with Gasteiger partial charge in [-0.3, -0.25) is 4.79 Å². The average molecular weight is 335 g/mol. The minimum Gasteiger partial charge on any atom is -0.341 e. The summed E-state index contributed by atoms with van der Waals surface area (Å²) in [6, 6.07) is 16.5. The zero-order chi connectivity index (χ0) is 16.4. The number of alkyl halides is 3. The topological polar surface area (TPSA) is 20.3 Å². The van der Waals surface area contributed by atoms with Crippen molar-refractivity contribution >= 4 is 23.2 Å². The summed E-state index contributed by atoms with van der Waals surface area (Å²) in [5, 5.41) is 0. The van der Waals surface area contributed by atoms with Gasteiger partial charge in [0, 0.05) is 17.6 Å². The number of hydrogen-bond acceptors (Lipinski definition) is 3. The number of Topliss-reactive ketones (excluding diaryl/α,β-unsaturated/α-hetero) is 1. The summed E-state index contributed by atoms with van der Waals surface area (Å²) >= 11 is 0.856. The average Bonchev–Trinajstić information content (AvgIpc) is 2.54. The predicted octanol–water partition coefficient (Wildman–Crippen LogP) is 4.77. The van der Waals surface area contributed by atoms with E-state index in [-0.39, 0.29) is 4.91 Å². The maximum atomic E-state index is 12.7. The molecule has 1 aliphatic rings. The molecule has 1 aliphatic heterocycles. The van der Waals surface area contributed by atoms with Crippen LogP contribution in [0.25, 0.3) is 0 Å². The van der Waals surface area contributed by atoms with Crippen molar-refractivity contribution in [2.45, 2.75) is 17.6 Å². The lowest BCUT2D eigenvalue weighted by atomic mass is 10.2. The number of carbonyl (C=O) groups excluding carboxylic acids is 1. The Kier molecular flexibility index (Phi) is 4.17. The van der Waals surface area contributed by atoms with E-state index in [0.29, 0.717) is 11.4 Å². The Morgan fingerprint density at radius 3 is 2.35 bits per heavy atom. The number of allylic oxidation sites excluding steroid dienone is 1. The van der Waals surface area contributed by atoms with Gasteiger partial charge in [0.1, 0.15) is 0 Å². The Morgan fingerprint density at radius 2 is 1.65 bits per heavy atom. The van der Waals surface area contributed by atoms with Crippen LogP contribution in [0.3, 0.4) is 0 Å². The van der Waals surface area contributed by atoms with E-state index in [4.69, 9.17) is 0 Å². The van der Waals surface area contributed by atoms with Crippen molar-refractivity contribution in [1.82, 2.24) is 0 Å². The van der Waals surface area contributed by atoms with Crippen molar-refractivity contribution in [3.63, 3.8) is 0 Å². The molecule has 0 saturated heterocycles. The first-order valence-electron chi connectivity index (χ1n) is 6.86. The van der Waals surface area contributed by atoms with E-state index in [1.807, 2.05) is 42.5 Å². The molecule has 1 heterocycles. The molecule has 0 fully saturated rings. The smallest absolute Gasteiger partial charge is 0.341 e. The number of rotatable bonds is 3. The number of carbonyl (C=O) groups is 1. The van der Waals surface area contributed by atoms with Gasteiger partial charge >= 0.3 is 6.18 Å². The first kappa shape index (κ1) is 15.7. The molecule has 0 aromatic heterocycles. The molecule has 0 amide bonds. The van der Waals surface area contributed by atoms with Gasteiger partial charge in [-0.05, 0) is 17.7 Å². The summed E-state index contributed by atoms with van der Waals surface area (Å²) in [6.07, 6.45) is -3.58. The van der Waals surface area contributed by atoms with Crippen LogP contribution >= 0.6 is 11.8 Å². The molecule has 0 unspecified atom stereocenters. The number of thioether (sulfide) groups is 1. The quantitative estimate of drug-likeness (QED) is 0.806. The van der Waals surface area contributed by atoms with Crippen LogP contribution in [0, 0.1) is 0 Å². The van der Waals surface area contributed by atoms with Gasteiger partial charge in [-0.2, -0.15) is 13.2 Å². The Bertz CT molecular complexity index is 756. The van der Waals surface area contributed by atoms with Gasteiger partial charge in [-0.25, -0.2) is 0 Å². The molecule has 6 heteroatoms. The molecular weight excluding hydrogens is 323 g/mol. The number of benzene rings is 2. The van der Waals surface area contributed by atoms with Crippen LogP contribution in [0.1, 0.15) is 5.56 Å². The third-order valence-electron chi connectivity index (χ3n) is 3.34. The van der Waals surface area contributed by atoms with Crippen molar-refractivity contribution in [2.24, 2.45) is 0 Å². The number of halogens is 3. The first-order chi connectivity index (χ1) is 10.9. The predicted molar refractivity (Wildman–Crippen MR) is 84.1 cm³/mol. The lowest BCUT2D eigenvalue weighted by Crippen LogP contribution is -2.27. The van der Waals surface area contributed by atoms with Crippen molar-refractivity contribution in [3.8, 4) is 0 Å². The maximum absolute atomic E-state index is 12.7. The van der Waals surface area contributed by atoms with Gasteiger partial charge in [-0.1, -0.05) is 54.2 Å². The van der Waals surface area contributed by atoms with Crippen molar-refractivity contribution < 1.29 is 18.0 Å². The van der Waals surface area contributed by atoms with Crippen LogP contribution < -0.4 is 4.90 Å². The second-order valence-corrected chi connectivity index (χ2v) is 6.09. The van der Waals surface area contributed by atoms with Crippen LogP contribution in [-0.2, 0) is 11.3 Å². The summed E-state index contributed by atoms with van der Waals surface area (Å²) < 4.78 is 38.2. The summed E-state index contributed by atoms with van der Waals surface area (Å²) in [6.45, 7) is 0.396. The van der Waals surface area contributed by atoms with E-state index >= 15 is 0 Å². The number of anilines is 1. The zero-order valence-corrected chi connectivity index (χ0v) is 12.7. The lowest BCUT2D eigenvalue weighted by Gasteiger charge is -2.28. The van der Waals surface area contributed by atoms with Gasteiger partial charge in [0.25, 0.3) is 5.78 Å². The molecule has 0 radical (unpaired) electrons. The molecular formula is C17H12F3NOS. The van der Waals surface area contributed by atoms with E-state index in [9.17, 15) is 18.0 Å². The third kappa shape index (κ3) is 3.42. The molecule has 0 atom stereocenters. The van der Waals surface area contributed by atoms with E-state index in [1.165, 1.54) is 6.20 Å². The first-order valence-corrected chi connectivity index (χ1v) is 7.67. The Hall–Kier alpha value is -2.21. The van der Waals surface area contributed by atoms with E-state index in [2.05, 4.69) is 0 Å². The van der Waals surface area contributed by atoms with Gasteiger partial charge in [0.2, 0.25) is 0 Å². The lowest BCUT2D eigenvalue weighted by molar-refractivity contribution is -0.165. The Morgan fingerprint density at radius 1 is 1.00 bits per heavy atom. The molecule has 23 heavy (non-hydrogen) atoms. The highest BCUT2D eigenvalue weighted by molar-refractivity contribution is 8.04. The number of ketones is 1. The maximum Gasteiger partial charge on any atom is 0.455 e. The van der Waals surface area contributed by atoms with Crippen molar-refractivity contribution in [3.05, 3.63) is 71.3 Å². The van der Waals surface area contributed by atoms with Crippen LogP contribution in [0.2, 0.25) is 0 Å². The highest BCUT2D eigenvalue weighted by atomic mass is 32.2.